The molecule has 0 unspecified atom stereocenters. The Hall–Kier alpha value is -3.75. The number of hydrogen-bond donors (Lipinski definition) is 2. The number of carbonyl (C=O) groups is 3. The first-order valence-corrected chi connectivity index (χ1v) is 8.85. The minimum absolute atomic E-state index is 0.000118. The van der Waals surface area contributed by atoms with Gasteiger partial charge in [0.1, 0.15) is 5.75 Å². The van der Waals surface area contributed by atoms with E-state index >= 15 is 0 Å². The highest BCUT2D eigenvalue weighted by molar-refractivity contribution is 5.97. The fraction of sp³-hybridized carbons (Fsp3) is 0.190. The lowest BCUT2D eigenvalue weighted by atomic mass is 10.2. The van der Waals surface area contributed by atoms with Crippen LogP contribution >= 0.6 is 0 Å². The quantitative estimate of drug-likeness (QED) is 0.502. The number of benzene rings is 2. The summed E-state index contributed by atoms with van der Waals surface area (Å²) in [6.45, 7) is -0.107. The van der Waals surface area contributed by atoms with E-state index in [1.807, 2.05) is 0 Å². The van der Waals surface area contributed by atoms with Gasteiger partial charge in [0.15, 0.2) is 6.10 Å². The van der Waals surface area contributed by atoms with Crippen LogP contribution in [0.5, 0.6) is 5.75 Å². The SMILES string of the molecule is CC(=O)Nc1ccc(NC(=O)[C@@H](C)OC(=O)C=Cc2ccc(OC(F)F)cc2)cc1. The van der Waals surface area contributed by atoms with Gasteiger partial charge in [-0.1, -0.05) is 12.1 Å². The number of carbonyl (C=O) groups excluding carboxylic acids is 3. The fourth-order valence-corrected chi connectivity index (χ4v) is 2.28. The van der Waals surface area contributed by atoms with E-state index in [-0.39, 0.29) is 11.7 Å². The Kier molecular flexibility index (Phi) is 8.04. The zero-order valence-corrected chi connectivity index (χ0v) is 16.2. The van der Waals surface area contributed by atoms with E-state index in [0.29, 0.717) is 16.9 Å². The summed E-state index contributed by atoms with van der Waals surface area (Å²) in [4.78, 5) is 35.0. The van der Waals surface area contributed by atoms with Crippen molar-refractivity contribution < 1.29 is 32.6 Å². The molecule has 0 aromatic heterocycles. The molecule has 0 fully saturated rings. The highest BCUT2D eigenvalue weighted by Gasteiger charge is 2.16. The molecule has 0 saturated heterocycles. The molecule has 2 rings (SSSR count). The van der Waals surface area contributed by atoms with Gasteiger partial charge in [-0.25, -0.2) is 4.79 Å². The van der Waals surface area contributed by atoms with E-state index in [0.717, 1.165) is 6.08 Å². The first kappa shape index (κ1) is 22.5. The van der Waals surface area contributed by atoms with Gasteiger partial charge >= 0.3 is 12.6 Å². The molecule has 158 valence electrons. The van der Waals surface area contributed by atoms with Crippen molar-refractivity contribution in [1.82, 2.24) is 0 Å². The van der Waals surface area contributed by atoms with Crippen LogP contribution in [0.25, 0.3) is 6.08 Å². The molecule has 0 aliphatic carbocycles. The van der Waals surface area contributed by atoms with E-state index in [1.165, 1.54) is 44.2 Å². The minimum atomic E-state index is -2.91. The number of hydrogen-bond acceptors (Lipinski definition) is 5. The van der Waals surface area contributed by atoms with E-state index < -0.39 is 24.6 Å². The summed E-state index contributed by atoms with van der Waals surface area (Å²) < 4.78 is 33.5. The molecule has 0 spiro atoms. The molecule has 0 heterocycles. The molecule has 2 amide bonds. The summed E-state index contributed by atoms with van der Waals surface area (Å²) in [6.07, 6.45) is 1.48. The topological polar surface area (TPSA) is 93.7 Å². The molecule has 2 N–H and O–H groups in total. The van der Waals surface area contributed by atoms with Gasteiger partial charge in [0.05, 0.1) is 0 Å². The van der Waals surface area contributed by atoms with E-state index in [2.05, 4.69) is 15.4 Å². The molecule has 7 nitrogen and oxygen atoms in total. The van der Waals surface area contributed by atoms with E-state index in [1.54, 1.807) is 24.3 Å². The Labute approximate surface area is 171 Å². The molecular weight excluding hydrogens is 398 g/mol. The predicted octanol–water partition coefficient (Wildman–Crippen LogP) is 3.83. The second-order valence-electron chi connectivity index (χ2n) is 6.11. The third kappa shape index (κ3) is 7.70. The fourth-order valence-electron chi connectivity index (χ4n) is 2.28. The van der Waals surface area contributed by atoms with Crippen molar-refractivity contribution in [2.75, 3.05) is 10.6 Å². The van der Waals surface area contributed by atoms with Gasteiger partial charge in [-0.3, -0.25) is 9.59 Å². The normalized spacial score (nSPS) is 11.8. The lowest BCUT2D eigenvalue weighted by Crippen LogP contribution is -2.29. The molecular formula is C21H20F2N2O5. The smallest absolute Gasteiger partial charge is 0.387 e. The van der Waals surface area contributed by atoms with Crippen molar-refractivity contribution in [1.29, 1.82) is 0 Å². The van der Waals surface area contributed by atoms with Crippen LogP contribution < -0.4 is 15.4 Å². The van der Waals surface area contributed by atoms with Crippen molar-refractivity contribution in [3.63, 3.8) is 0 Å². The molecule has 2 aromatic rings. The van der Waals surface area contributed by atoms with Crippen LogP contribution in [-0.2, 0) is 19.1 Å². The molecule has 30 heavy (non-hydrogen) atoms. The first-order valence-electron chi connectivity index (χ1n) is 8.85. The number of nitrogens with one attached hydrogen (secondary N) is 2. The van der Waals surface area contributed by atoms with Gasteiger partial charge in [-0.05, 0) is 55.0 Å². The minimum Gasteiger partial charge on any atom is -0.449 e. The summed E-state index contributed by atoms with van der Waals surface area (Å²) in [6, 6.07) is 12.1. The van der Waals surface area contributed by atoms with Gasteiger partial charge in [-0.2, -0.15) is 8.78 Å². The number of amides is 2. The maximum absolute atomic E-state index is 12.2. The molecule has 9 heteroatoms. The Morgan fingerprint density at radius 3 is 2.03 bits per heavy atom. The molecule has 0 aliphatic heterocycles. The molecule has 0 radical (unpaired) electrons. The molecule has 0 aliphatic rings. The largest absolute Gasteiger partial charge is 0.449 e. The van der Waals surface area contributed by atoms with Crippen LogP contribution in [0.3, 0.4) is 0 Å². The van der Waals surface area contributed by atoms with Gasteiger partial charge < -0.3 is 20.1 Å². The van der Waals surface area contributed by atoms with Gasteiger partial charge in [0.2, 0.25) is 5.91 Å². The average Bonchev–Trinajstić information content (AvgIpc) is 2.68. The van der Waals surface area contributed by atoms with Crippen molar-refractivity contribution in [2.45, 2.75) is 26.6 Å². The number of ether oxygens (including phenoxy) is 2. The van der Waals surface area contributed by atoms with Crippen molar-refractivity contribution in [3.05, 3.63) is 60.2 Å². The molecule has 0 saturated carbocycles. The Balaban J connectivity index is 1.84. The Bertz CT molecular complexity index is 912. The Morgan fingerprint density at radius 2 is 1.50 bits per heavy atom. The van der Waals surface area contributed by atoms with E-state index in [9.17, 15) is 23.2 Å². The lowest BCUT2D eigenvalue weighted by molar-refractivity contribution is -0.148. The van der Waals surface area contributed by atoms with Crippen LogP contribution in [0, 0.1) is 0 Å². The standard InChI is InChI=1S/C21H20F2N2O5/c1-13(20(28)25-17-8-6-16(7-9-17)24-14(2)26)29-19(27)12-5-15-3-10-18(11-4-15)30-21(22)23/h3-13,21H,1-2H3,(H,24,26)(H,25,28)/t13-/m1/s1. The second kappa shape index (κ2) is 10.7. The molecule has 2 aromatic carbocycles. The zero-order chi connectivity index (χ0) is 22.1. The predicted molar refractivity (Wildman–Crippen MR) is 107 cm³/mol. The third-order valence-corrected chi connectivity index (χ3v) is 3.65. The third-order valence-electron chi connectivity index (χ3n) is 3.65. The molecule has 0 bridgehead atoms. The van der Waals surface area contributed by atoms with Crippen LogP contribution in [0.2, 0.25) is 0 Å². The van der Waals surface area contributed by atoms with Crippen molar-refractivity contribution >= 4 is 35.2 Å². The first-order chi connectivity index (χ1) is 14.2. The van der Waals surface area contributed by atoms with Gasteiger partial charge in [0.25, 0.3) is 5.91 Å². The monoisotopic (exact) mass is 418 g/mol. The van der Waals surface area contributed by atoms with E-state index in [4.69, 9.17) is 4.74 Å². The number of alkyl halides is 2. The van der Waals surface area contributed by atoms with Crippen molar-refractivity contribution in [3.8, 4) is 5.75 Å². The number of anilines is 2. The van der Waals surface area contributed by atoms with Crippen molar-refractivity contribution in [2.24, 2.45) is 0 Å². The second-order valence-corrected chi connectivity index (χ2v) is 6.11. The zero-order valence-electron chi connectivity index (χ0n) is 16.2. The summed E-state index contributed by atoms with van der Waals surface area (Å²) in [5.41, 5.74) is 1.61. The maximum atomic E-state index is 12.2. The molecule has 1 atom stereocenters. The number of rotatable bonds is 8. The summed E-state index contributed by atoms with van der Waals surface area (Å²) in [5, 5.41) is 5.20. The number of esters is 1. The van der Waals surface area contributed by atoms with Crippen LogP contribution in [0.15, 0.2) is 54.6 Å². The van der Waals surface area contributed by atoms with Crippen LogP contribution in [0.4, 0.5) is 20.2 Å². The highest BCUT2D eigenvalue weighted by Crippen LogP contribution is 2.16. The lowest BCUT2D eigenvalue weighted by Gasteiger charge is -2.12. The van der Waals surface area contributed by atoms with Gasteiger partial charge in [0, 0.05) is 24.4 Å². The van der Waals surface area contributed by atoms with Crippen LogP contribution in [0.1, 0.15) is 19.4 Å². The summed E-state index contributed by atoms with van der Waals surface area (Å²) >= 11 is 0. The number of halogens is 2. The maximum Gasteiger partial charge on any atom is 0.387 e. The van der Waals surface area contributed by atoms with Gasteiger partial charge in [-0.15, -0.1) is 0 Å². The average molecular weight is 418 g/mol. The van der Waals surface area contributed by atoms with Crippen LogP contribution in [-0.4, -0.2) is 30.5 Å². The Morgan fingerprint density at radius 1 is 0.933 bits per heavy atom. The summed E-state index contributed by atoms with van der Waals surface area (Å²) in [5.74, 6) is -1.48. The highest BCUT2D eigenvalue weighted by atomic mass is 19.3. The summed E-state index contributed by atoms with van der Waals surface area (Å²) in [7, 11) is 0.